The Hall–Kier alpha value is -0.450. The molecule has 0 saturated heterocycles. The summed E-state index contributed by atoms with van der Waals surface area (Å²) in [5.41, 5.74) is 5.28. The topological polar surface area (TPSA) is 83.6 Å². The molecule has 0 radical (unpaired) electrons. The SMILES string of the molecule is NCCC(=O)CCC1CCC(O)C(O)C1. The van der Waals surface area contributed by atoms with Gasteiger partial charge in [-0.1, -0.05) is 0 Å². The molecule has 0 aliphatic heterocycles. The van der Waals surface area contributed by atoms with Crippen LogP contribution in [0.4, 0.5) is 0 Å². The number of carbonyl (C=O) groups excluding carboxylic acids is 1. The van der Waals surface area contributed by atoms with Crippen LogP contribution in [0.2, 0.25) is 0 Å². The molecule has 0 spiro atoms. The van der Waals surface area contributed by atoms with Crippen molar-refractivity contribution < 1.29 is 15.0 Å². The van der Waals surface area contributed by atoms with Crippen LogP contribution >= 0.6 is 0 Å². The van der Waals surface area contributed by atoms with Gasteiger partial charge in [-0.3, -0.25) is 4.79 Å². The fraction of sp³-hybridized carbons (Fsp3) is 0.909. The summed E-state index contributed by atoms with van der Waals surface area (Å²) in [5, 5.41) is 18.8. The van der Waals surface area contributed by atoms with Crippen LogP contribution in [-0.4, -0.2) is 34.7 Å². The Morgan fingerprint density at radius 3 is 2.53 bits per heavy atom. The Bertz CT molecular complexity index is 208. The van der Waals surface area contributed by atoms with Crippen LogP contribution in [-0.2, 0) is 4.79 Å². The van der Waals surface area contributed by atoms with E-state index >= 15 is 0 Å². The molecule has 88 valence electrons. The maximum Gasteiger partial charge on any atom is 0.134 e. The van der Waals surface area contributed by atoms with E-state index in [1.807, 2.05) is 0 Å². The Kier molecular flexibility index (Phi) is 5.22. The number of rotatable bonds is 5. The van der Waals surface area contributed by atoms with Gasteiger partial charge < -0.3 is 15.9 Å². The second-order valence-corrected chi connectivity index (χ2v) is 4.43. The third-order valence-corrected chi connectivity index (χ3v) is 3.14. The van der Waals surface area contributed by atoms with Crippen molar-refractivity contribution in [2.45, 2.75) is 50.7 Å². The van der Waals surface area contributed by atoms with Gasteiger partial charge in [0.2, 0.25) is 0 Å². The molecular weight excluding hydrogens is 194 g/mol. The number of aliphatic hydroxyl groups is 2. The summed E-state index contributed by atoms with van der Waals surface area (Å²) in [6.45, 7) is 0.421. The highest BCUT2D eigenvalue weighted by Crippen LogP contribution is 2.28. The zero-order valence-electron chi connectivity index (χ0n) is 9.06. The molecule has 1 saturated carbocycles. The minimum absolute atomic E-state index is 0.207. The van der Waals surface area contributed by atoms with E-state index in [1.54, 1.807) is 0 Å². The maximum atomic E-state index is 11.2. The van der Waals surface area contributed by atoms with Crippen molar-refractivity contribution in [3.63, 3.8) is 0 Å². The molecule has 1 aliphatic rings. The molecule has 0 amide bonds. The minimum atomic E-state index is -0.603. The number of aliphatic hydroxyl groups excluding tert-OH is 2. The van der Waals surface area contributed by atoms with Crippen LogP contribution in [0.5, 0.6) is 0 Å². The number of Topliss-reactive ketones (excluding diaryl/α,β-unsaturated/α-hetero) is 1. The van der Waals surface area contributed by atoms with E-state index in [0.29, 0.717) is 38.1 Å². The highest BCUT2D eigenvalue weighted by molar-refractivity contribution is 5.78. The lowest BCUT2D eigenvalue weighted by Gasteiger charge is -2.29. The van der Waals surface area contributed by atoms with E-state index in [-0.39, 0.29) is 5.78 Å². The minimum Gasteiger partial charge on any atom is -0.390 e. The lowest BCUT2D eigenvalue weighted by molar-refractivity contribution is -0.119. The van der Waals surface area contributed by atoms with E-state index in [0.717, 1.165) is 12.8 Å². The molecule has 15 heavy (non-hydrogen) atoms. The number of hydrogen-bond donors (Lipinski definition) is 3. The first-order chi connectivity index (χ1) is 7.13. The Morgan fingerprint density at radius 1 is 1.20 bits per heavy atom. The second kappa shape index (κ2) is 6.20. The van der Waals surface area contributed by atoms with Crippen LogP contribution in [0, 0.1) is 5.92 Å². The van der Waals surface area contributed by atoms with Gasteiger partial charge in [0, 0.05) is 12.8 Å². The normalized spacial score (nSPS) is 31.5. The zero-order chi connectivity index (χ0) is 11.3. The first kappa shape index (κ1) is 12.6. The van der Waals surface area contributed by atoms with Crippen LogP contribution in [0.25, 0.3) is 0 Å². The van der Waals surface area contributed by atoms with Crippen molar-refractivity contribution in [2.75, 3.05) is 6.54 Å². The van der Waals surface area contributed by atoms with Gasteiger partial charge in [-0.05, 0) is 38.1 Å². The predicted octanol–water partition coefficient (Wildman–Crippen LogP) is 0.206. The Morgan fingerprint density at radius 2 is 1.93 bits per heavy atom. The van der Waals surface area contributed by atoms with Gasteiger partial charge in [0.15, 0.2) is 0 Å². The second-order valence-electron chi connectivity index (χ2n) is 4.43. The van der Waals surface area contributed by atoms with E-state index in [4.69, 9.17) is 5.73 Å². The average molecular weight is 215 g/mol. The first-order valence-electron chi connectivity index (χ1n) is 5.71. The van der Waals surface area contributed by atoms with Crippen LogP contribution in [0.1, 0.15) is 38.5 Å². The van der Waals surface area contributed by atoms with Gasteiger partial charge in [-0.2, -0.15) is 0 Å². The average Bonchev–Trinajstić information content (AvgIpc) is 2.20. The van der Waals surface area contributed by atoms with Crippen molar-refractivity contribution in [1.29, 1.82) is 0 Å². The maximum absolute atomic E-state index is 11.2. The molecular formula is C11H21NO3. The lowest BCUT2D eigenvalue weighted by Crippen LogP contribution is -2.33. The van der Waals surface area contributed by atoms with Gasteiger partial charge in [-0.25, -0.2) is 0 Å². The fourth-order valence-electron chi connectivity index (χ4n) is 2.13. The Labute approximate surface area is 90.5 Å². The van der Waals surface area contributed by atoms with E-state index < -0.39 is 12.2 Å². The first-order valence-corrected chi connectivity index (χ1v) is 5.71. The van der Waals surface area contributed by atoms with Crippen LogP contribution < -0.4 is 5.73 Å². The van der Waals surface area contributed by atoms with Gasteiger partial charge in [-0.15, -0.1) is 0 Å². The molecule has 0 bridgehead atoms. The summed E-state index contributed by atoms with van der Waals surface area (Å²) < 4.78 is 0. The number of nitrogens with two attached hydrogens (primary N) is 1. The number of hydrogen-bond acceptors (Lipinski definition) is 4. The smallest absolute Gasteiger partial charge is 0.134 e. The summed E-state index contributed by atoms with van der Waals surface area (Å²) >= 11 is 0. The lowest BCUT2D eigenvalue weighted by atomic mass is 9.82. The molecule has 3 atom stereocenters. The van der Waals surface area contributed by atoms with Gasteiger partial charge in [0.05, 0.1) is 12.2 Å². The molecule has 4 heteroatoms. The van der Waals surface area contributed by atoms with Crippen molar-refractivity contribution >= 4 is 5.78 Å². The molecule has 0 aromatic rings. The zero-order valence-corrected chi connectivity index (χ0v) is 9.06. The van der Waals surface area contributed by atoms with Crippen molar-refractivity contribution in [3.05, 3.63) is 0 Å². The van der Waals surface area contributed by atoms with Gasteiger partial charge in [0.1, 0.15) is 5.78 Å². The summed E-state index contributed by atoms with van der Waals surface area (Å²) in [6, 6.07) is 0. The molecule has 1 aliphatic carbocycles. The fourth-order valence-corrected chi connectivity index (χ4v) is 2.13. The van der Waals surface area contributed by atoms with Crippen molar-refractivity contribution in [1.82, 2.24) is 0 Å². The molecule has 0 aromatic heterocycles. The van der Waals surface area contributed by atoms with E-state index in [9.17, 15) is 15.0 Å². The third kappa shape index (κ3) is 4.28. The molecule has 0 heterocycles. The van der Waals surface area contributed by atoms with E-state index in [2.05, 4.69) is 0 Å². The molecule has 1 rings (SSSR count). The highest BCUT2D eigenvalue weighted by atomic mass is 16.3. The van der Waals surface area contributed by atoms with Crippen LogP contribution in [0.15, 0.2) is 0 Å². The molecule has 4 nitrogen and oxygen atoms in total. The number of ketones is 1. The van der Waals surface area contributed by atoms with Gasteiger partial charge >= 0.3 is 0 Å². The van der Waals surface area contributed by atoms with Crippen molar-refractivity contribution in [2.24, 2.45) is 11.7 Å². The summed E-state index contributed by atoms with van der Waals surface area (Å²) in [4.78, 5) is 11.2. The Balaban J connectivity index is 2.19. The molecule has 3 unspecified atom stereocenters. The third-order valence-electron chi connectivity index (χ3n) is 3.14. The summed E-state index contributed by atoms with van der Waals surface area (Å²) in [5.74, 6) is 0.586. The molecule has 1 fully saturated rings. The largest absolute Gasteiger partial charge is 0.390 e. The van der Waals surface area contributed by atoms with Crippen molar-refractivity contribution in [3.8, 4) is 0 Å². The highest BCUT2D eigenvalue weighted by Gasteiger charge is 2.27. The van der Waals surface area contributed by atoms with E-state index in [1.165, 1.54) is 0 Å². The van der Waals surface area contributed by atoms with Gasteiger partial charge in [0.25, 0.3) is 0 Å². The number of carbonyl (C=O) groups is 1. The molecule has 0 aromatic carbocycles. The summed E-state index contributed by atoms with van der Waals surface area (Å²) in [6.07, 6.45) is 2.85. The summed E-state index contributed by atoms with van der Waals surface area (Å²) in [7, 11) is 0. The standard InChI is InChI=1S/C11H21NO3/c12-6-5-9(13)3-1-8-2-4-10(14)11(15)7-8/h8,10-11,14-15H,1-7,12H2. The van der Waals surface area contributed by atoms with Crippen LogP contribution in [0.3, 0.4) is 0 Å². The molecule has 4 N–H and O–H groups in total. The monoisotopic (exact) mass is 215 g/mol. The predicted molar refractivity (Wildman–Crippen MR) is 57.3 cm³/mol. The quantitative estimate of drug-likeness (QED) is 0.612.